The molecule has 3 N–H and O–H groups in total. The highest BCUT2D eigenvalue weighted by Crippen LogP contribution is 2.31. The highest BCUT2D eigenvalue weighted by Gasteiger charge is 2.20. The zero-order chi connectivity index (χ0) is 15.8. The first-order valence-corrected chi connectivity index (χ1v) is 8.14. The van der Waals surface area contributed by atoms with Gasteiger partial charge in [0, 0.05) is 19.9 Å². The Bertz CT molecular complexity index is 678. The average Bonchev–Trinajstić information content (AvgIpc) is 2.37. The molecule has 6 heteroatoms. The van der Waals surface area contributed by atoms with E-state index >= 15 is 0 Å². The van der Waals surface area contributed by atoms with Gasteiger partial charge in [-0.05, 0) is 41.1 Å². The largest absolute Gasteiger partial charge is 0.383 e. The van der Waals surface area contributed by atoms with Gasteiger partial charge in [0.15, 0.2) is 0 Å². The number of halogens is 2. The summed E-state index contributed by atoms with van der Waals surface area (Å²) in [6.07, 6.45) is 0. The first-order chi connectivity index (χ1) is 9.68. The Morgan fingerprint density at radius 2 is 1.81 bits per heavy atom. The standard InChI is InChI=1S/C15H18Br2N4/c1-8-12(18)20-14(15(2,3)4)21-13(8)19-11-7-9(16)5-6-10(11)17/h5-7H,1-4H3,(H3,18,19,20,21). The molecule has 0 bridgehead atoms. The van der Waals surface area contributed by atoms with E-state index in [1.807, 2.05) is 25.1 Å². The van der Waals surface area contributed by atoms with E-state index in [4.69, 9.17) is 5.73 Å². The van der Waals surface area contributed by atoms with E-state index in [2.05, 4.69) is 67.9 Å². The number of nitrogen functional groups attached to an aromatic ring is 1. The molecule has 0 fully saturated rings. The van der Waals surface area contributed by atoms with E-state index in [1.165, 1.54) is 0 Å². The van der Waals surface area contributed by atoms with Crippen molar-refractivity contribution in [2.24, 2.45) is 0 Å². The van der Waals surface area contributed by atoms with E-state index in [-0.39, 0.29) is 5.41 Å². The number of nitrogens with two attached hydrogens (primary N) is 1. The fraction of sp³-hybridized carbons (Fsp3) is 0.333. The average molecular weight is 414 g/mol. The van der Waals surface area contributed by atoms with Gasteiger partial charge < -0.3 is 11.1 Å². The van der Waals surface area contributed by atoms with Gasteiger partial charge in [0.25, 0.3) is 0 Å². The second-order valence-electron chi connectivity index (χ2n) is 5.91. The summed E-state index contributed by atoms with van der Waals surface area (Å²) in [6.45, 7) is 8.11. The number of benzene rings is 1. The molecule has 2 rings (SSSR count). The van der Waals surface area contributed by atoms with Crippen LogP contribution in [0.4, 0.5) is 17.3 Å². The fourth-order valence-electron chi connectivity index (χ4n) is 1.71. The number of rotatable bonds is 2. The minimum Gasteiger partial charge on any atom is -0.383 e. The van der Waals surface area contributed by atoms with E-state index in [1.54, 1.807) is 0 Å². The van der Waals surface area contributed by atoms with Crippen LogP contribution in [0.15, 0.2) is 27.1 Å². The fourth-order valence-corrected chi connectivity index (χ4v) is 2.42. The molecule has 0 amide bonds. The van der Waals surface area contributed by atoms with Gasteiger partial charge in [-0.1, -0.05) is 36.7 Å². The number of aromatic nitrogens is 2. The molecule has 0 aliphatic rings. The van der Waals surface area contributed by atoms with Crippen LogP contribution in [0.25, 0.3) is 0 Å². The van der Waals surface area contributed by atoms with Crippen molar-refractivity contribution in [3.05, 3.63) is 38.5 Å². The normalized spacial score (nSPS) is 11.5. The van der Waals surface area contributed by atoms with Gasteiger partial charge in [-0.2, -0.15) is 0 Å². The molecular weight excluding hydrogens is 396 g/mol. The molecule has 21 heavy (non-hydrogen) atoms. The molecule has 0 atom stereocenters. The maximum Gasteiger partial charge on any atom is 0.139 e. The van der Waals surface area contributed by atoms with E-state index < -0.39 is 0 Å². The lowest BCUT2D eigenvalue weighted by Crippen LogP contribution is -2.18. The van der Waals surface area contributed by atoms with Crippen LogP contribution in [0.1, 0.15) is 32.2 Å². The molecule has 112 valence electrons. The SMILES string of the molecule is Cc1c(N)nc(C(C)(C)C)nc1Nc1cc(Br)ccc1Br. The van der Waals surface area contributed by atoms with Crippen molar-refractivity contribution >= 4 is 49.2 Å². The minimum atomic E-state index is -0.160. The summed E-state index contributed by atoms with van der Waals surface area (Å²) < 4.78 is 1.95. The Morgan fingerprint density at radius 3 is 2.43 bits per heavy atom. The van der Waals surface area contributed by atoms with Crippen molar-refractivity contribution in [1.29, 1.82) is 0 Å². The Morgan fingerprint density at radius 1 is 1.14 bits per heavy atom. The van der Waals surface area contributed by atoms with Crippen LogP contribution in [-0.2, 0) is 5.41 Å². The molecule has 1 heterocycles. The van der Waals surface area contributed by atoms with Gasteiger partial charge in [-0.25, -0.2) is 9.97 Å². The van der Waals surface area contributed by atoms with Crippen molar-refractivity contribution in [3.8, 4) is 0 Å². The lowest BCUT2D eigenvalue weighted by Gasteiger charge is -2.20. The maximum absolute atomic E-state index is 6.03. The van der Waals surface area contributed by atoms with Crippen LogP contribution in [0.5, 0.6) is 0 Å². The number of nitrogens with one attached hydrogen (secondary N) is 1. The third-order valence-electron chi connectivity index (χ3n) is 3.04. The second kappa shape index (κ2) is 5.93. The molecule has 1 aromatic carbocycles. The van der Waals surface area contributed by atoms with E-state index in [9.17, 15) is 0 Å². The quantitative estimate of drug-likeness (QED) is 0.732. The molecule has 0 aliphatic heterocycles. The summed E-state index contributed by atoms with van der Waals surface area (Å²) in [4.78, 5) is 9.02. The number of hydrogen-bond acceptors (Lipinski definition) is 4. The van der Waals surface area contributed by atoms with Crippen molar-refractivity contribution in [3.63, 3.8) is 0 Å². The smallest absolute Gasteiger partial charge is 0.139 e. The molecule has 0 aliphatic carbocycles. The molecule has 0 saturated carbocycles. The van der Waals surface area contributed by atoms with Crippen molar-refractivity contribution < 1.29 is 0 Å². The van der Waals surface area contributed by atoms with Gasteiger partial charge in [0.2, 0.25) is 0 Å². The molecule has 0 radical (unpaired) electrons. The van der Waals surface area contributed by atoms with Crippen LogP contribution in [0, 0.1) is 6.92 Å². The first kappa shape index (κ1) is 16.2. The maximum atomic E-state index is 6.03. The first-order valence-electron chi connectivity index (χ1n) is 6.55. The lowest BCUT2D eigenvalue weighted by atomic mass is 9.95. The van der Waals surface area contributed by atoms with Gasteiger partial charge in [-0.15, -0.1) is 0 Å². The zero-order valence-corrected chi connectivity index (χ0v) is 15.6. The molecule has 2 aromatic rings. The summed E-state index contributed by atoms with van der Waals surface area (Å²) in [5.41, 5.74) is 7.63. The number of nitrogens with zero attached hydrogens (tertiary/aromatic N) is 2. The number of hydrogen-bond donors (Lipinski definition) is 2. The number of anilines is 3. The Kier molecular flexibility index (Phi) is 4.58. The van der Waals surface area contributed by atoms with Crippen LogP contribution in [0.3, 0.4) is 0 Å². The van der Waals surface area contributed by atoms with E-state index in [0.29, 0.717) is 5.82 Å². The molecule has 0 unspecified atom stereocenters. The van der Waals surface area contributed by atoms with Crippen molar-refractivity contribution in [1.82, 2.24) is 9.97 Å². The van der Waals surface area contributed by atoms with Crippen LogP contribution < -0.4 is 11.1 Å². The molecule has 0 saturated heterocycles. The van der Waals surface area contributed by atoms with Gasteiger partial charge in [0.1, 0.15) is 17.5 Å². The Hall–Kier alpha value is -1.14. The van der Waals surface area contributed by atoms with Crippen molar-refractivity contribution in [2.75, 3.05) is 11.1 Å². The molecule has 4 nitrogen and oxygen atoms in total. The molecule has 1 aromatic heterocycles. The summed E-state index contributed by atoms with van der Waals surface area (Å²) in [6, 6.07) is 5.92. The zero-order valence-electron chi connectivity index (χ0n) is 12.5. The summed E-state index contributed by atoms with van der Waals surface area (Å²) >= 11 is 7.00. The van der Waals surface area contributed by atoms with Gasteiger partial charge >= 0.3 is 0 Å². The topological polar surface area (TPSA) is 63.8 Å². The van der Waals surface area contributed by atoms with Crippen LogP contribution in [0.2, 0.25) is 0 Å². The van der Waals surface area contributed by atoms with Crippen LogP contribution in [-0.4, -0.2) is 9.97 Å². The monoisotopic (exact) mass is 412 g/mol. The summed E-state index contributed by atoms with van der Waals surface area (Å²) in [7, 11) is 0. The third-order valence-corrected chi connectivity index (χ3v) is 4.22. The summed E-state index contributed by atoms with van der Waals surface area (Å²) in [5, 5.41) is 3.33. The molecular formula is C15H18Br2N4. The lowest BCUT2D eigenvalue weighted by molar-refractivity contribution is 0.546. The predicted molar refractivity (Wildman–Crippen MR) is 95.0 cm³/mol. The van der Waals surface area contributed by atoms with Crippen LogP contribution >= 0.6 is 31.9 Å². The summed E-state index contributed by atoms with van der Waals surface area (Å²) in [5.74, 6) is 1.95. The van der Waals surface area contributed by atoms with Crippen molar-refractivity contribution in [2.45, 2.75) is 33.1 Å². The third kappa shape index (κ3) is 3.74. The van der Waals surface area contributed by atoms with E-state index in [0.717, 1.165) is 31.8 Å². The van der Waals surface area contributed by atoms with Gasteiger partial charge in [0.05, 0.1) is 5.69 Å². The molecule has 0 spiro atoms. The Balaban J connectivity index is 2.49. The highest BCUT2D eigenvalue weighted by molar-refractivity contribution is 9.11. The minimum absolute atomic E-state index is 0.160. The second-order valence-corrected chi connectivity index (χ2v) is 7.68. The Labute approximate surface area is 141 Å². The van der Waals surface area contributed by atoms with Gasteiger partial charge in [-0.3, -0.25) is 0 Å². The highest BCUT2D eigenvalue weighted by atomic mass is 79.9. The predicted octanol–water partition coefficient (Wildman–Crippen LogP) is 4.93.